The van der Waals surface area contributed by atoms with Crippen LogP contribution in [0.5, 0.6) is 0 Å². The molecule has 4 heteroatoms. The predicted molar refractivity (Wildman–Crippen MR) is 74.4 cm³/mol. The van der Waals surface area contributed by atoms with Crippen LogP contribution in [-0.4, -0.2) is 31.6 Å². The zero-order valence-electron chi connectivity index (χ0n) is 10.1. The molecular weight excluding hydrogens is 238 g/mol. The first kappa shape index (κ1) is 14.0. The number of hydrogen-bond acceptors (Lipinski definition) is 4. The maximum absolute atomic E-state index is 5.34. The van der Waals surface area contributed by atoms with E-state index in [4.69, 9.17) is 4.74 Å². The molecule has 0 spiro atoms. The highest BCUT2D eigenvalue weighted by molar-refractivity contribution is 7.98. The lowest BCUT2D eigenvalue weighted by Gasteiger charge is -2.12. The molecular formula is C12H21NOS2. The Balaban J connectivity index is 1.91. The Kier molecular flexibility index (Phi) is 7.93. The van der Waals surface area contributed by atoms with Gasteiger partial charge in [-0.05, 0) is 36.2 Å². The van der Waals surface area contributed by atoms with Gasteiger partial charge in [0.25, 0.3) is 0 Å². The van der Waals surface area contributed by atoms with Crippen molar-refractivity contribution in [2.45, 2.75) is 25.6 Å². The van der Waals surface area contributed by atoms with Crippen LogP contribution in [-0.2, 0) is 10.5 Å². The molecule has 1 unspecified atom stereocenters. The van der Waals surface area contributed by atoms with Crippen LogP contribution in [0.2, 0.25) is 0 Å². The van der Waals surface area contributed by atoms with Gasteiger partial charge in [0.15, 0.2) is 0 Å². The topological polar surface area (TPSA) is 21.3 Å². The second-order valence-electron chi connectivity index (χ2n) is 3.70. The third-order valence-corrected chi connectivity index (χ3v) is 3.92. The Hall–Kier alpha value is -0.0300. The summed E-state index contributed by atoms with van der Waals surface area (Å²) in [5.41, 5.74) is 1.44. The van der Waals surface area contributed by atoms with Gasteiger partial charge in [0, 0.05) is 30.7 Å². The fourth-order valence-electron chi connectivity index (χ4n) is 1.30. The van der Waals surface area contributed by atoms with Gasteiger partial charge in [-0.15, -0.1) is 0 Å². The van der Waals surface area contributed by atoms with Crippen molar-refractivity contribution < 1.29 is 4.74 Å². The van der Waals surface area contributed by atoms with Crippen molar-refractivity contribution in [3.63, 3.8) is 0 Å². The van der Waals surface area contributed by atoms with Crippen LogP contribution >= 0.6 is 23.1 Å². The van der Waals surface area contributed by atoms with Crippen molar-refractivity contribution in [2.24, 2.45) is 0 Å². The lowest BCUT2D eigenvalue weighted by molar-refractivity contribution is 0.128. The zero-order chi connectivity index (χ0) is 11.6. The lowest BCUT2D eigenvalue weighted by atomic mass is 10.3. The molecule has 0 aromatic carbocycles. The number of hydrogen-bond donors (Lipinski definition) is 1. The molecule has 2 nitrogen and oxygen atoms in total. The summed E-state index contributed by atoms with van der Waals surface area (Å²) in [6.07, 6.45) is 0. The predicted octanol–water partition coefficient (Wildman–Crippen LogP) is 3.00. The molecule has 0 radical (unpaired) electrons. The van der Waals surface area contributed by atoms with Crippen molar-refractivity contribution in [1.82, 2.24) is 5.32 Å². The standard InChI is InChI=1S/C12H21NOS2/c1-3-14-8-11(2)13-5-7-16-10-12-4-6-15-9-12/h4,6,9,11,13H,3,5,7-8,10H2,1-2H3. The molecule has 0 aliphatic carbocycles. The zero-order valence-corrected chi connectivity index (χ0v) is 11.7. The van der Waals surface area contributed by atoms with E-state index in [-0.39, 0.29) is 0 Å². The van der Waals surface area contributed by atoms with Crippen molar-refractivity contribution >= 4 is 23.1 Å². The summed E-state index contributed by atoms with van der Waals surface area (Å²) in [7, 11) is 0. The van der Waals surface area contributed by atoms with Crippen LogP contribution in [0.4, 0.5) is 0 Å². The first-order valence-corrected chi connectivity index (χ1v) is 7.82. The molecule has 16 heavy (non-hydrogen) atoms. The largest absolute Gasteiger partial charge is 0.380 e. The highest BCUT2D eigenvalue weighted by Gasteiger charge is 2.00. The number of ether oxygens (including phenoxy) is 1. The normalized spacial score (nSPS) is 12.9. The highest BCUT2D eigenvalue weighted by atomic mass is 32.2. The van der Waals surface area contributed by atoms with E-state index < -0.39 is 0 Å². The third-order valence-electron chi connectivity index (χ3n) is 2.16. The van der Waals surface area contributed by atoms with Crippen molar-refractivity contribution in [1.29, 1.82) is 0 Å². The molecule has 1 rings (SSSR count). The smallest absolute Gasteiger partial charge is 0.0616 e. The summed E-state index contributed by atoms with van der Waals surface area (Å²) in [6.45, 7) is 6.87. The van der Waals surface area contributed by atoms with Crippen molar-refractivity contribution in [3.05, 3.63) is 22.4 Å². The summed E-state index contributed by atoms with van der Waals surface area (Å²) in [4.78, 5) is 0. The summed E-state index contributed by atoms with van der Waals surface area (Å²) < 4.78 is 5.34. The average Bonchev–Trinajstić information content (AvgIpc) is 2.79. The average molecular weight is 259 g/mol. The first-order chi connectivity index (χ1) is 7.83. The van der Waals surface area contributed by atoms with Crippen LogP contribution in [0.25, 0.3) is 0 Å². The molecule has 0 aliphatic rings. The van der Waals surface area contributed by atoms with E-state index in [1.807, 2.05) is 18.7 Å². The second-order valence-corrected chi connectivity index (χ2v) is 5.58. The number of thiophene rings is 1. The molecule has 1 heterocycles. The Bertz CT molecular complexity index is 252. The number of rotatable bonds is 9. The Morgan fingerprint density at radius 3 is 3.12 bits per heavy atom. The fraction of sp³-hybridized carbons (Fsp3) is 0.667. The molecule has 0 bridgehead atoms. The van der Waals surface area contributed by atoms with E-state index in [1.165, 1.54) is 5.56 Å². The van der Waals surface area contributed by atoms with Gasteiger partial charge in [0.2, 0.25) is 0 Å². The molecule has 1 N–H and O–H groups in total. The van der Waals surface area contributed by atoms with E-state index in [2.05, 4.69) is 29.1 Å². The van der Waals surface area contributed by atoms with E-state index in [0.717, 1.165) is 31.3 Å². The van der Waals surface area contributed by atoms with Gasteiger partial charge >= 0.3 is 0 Å². The van der Waals surface area contributed by atoms with Gasteiger partial charge in [0.05, 0.1) is 6.61 Å². The SMILES string of the molecule is CCOCC(C)NCCSCc1ccsc1. The lowest BCUT2D eigenvalue weighted by Crippen LogP contribution is -2.32. The van der Waals surface area contributed by atoms with Crippen LogP contribution < -0.4 is 5.32 Å². The maximum atomic E-state index is 5.34. The van der Waals surface area contributed by atoms with E-state index >= 15 is 0 Å². The summed E-state index contributed by atoms with van der Waals surface area (Å²) in [5, 5.41) is 7.81. The summed E-state index contributed by atoms with van der Waals surface area (Å²) in [5.74, 6) is 2.29. The third kappa shape index (κ3) is 6.53. The number of thioether (sulfide) groups is 1. The fourth-order valence-corrected chi connectivity index (χ4v) is 2.89. The van der Waals surface area contributed by atoms with Gasteiger partial charge in [-0.1, -0.05) is 0 Å². The van der Waals surface area contributed by atoms with E-state index in [0.29, 0.717) is 6.04 Å². The van der Waals surface area contributed by atoms with Crippen LogP contribution in [0.15, 0.2) is 16.8 Å². The molecule has 0 aliphatic heterocycles. The van der Waals surface area contributed by atoms with Gasteiger partial charge in [-0.3, -0.25) is 0 Å². The van der Waals surface area contributed by atoms with E-state index in [1.54, 1.807) is 11.3 Å². The Morgan fingerprint density at radius 2 is 2.44 bits per heavy atom. The van der Waals surface area contributed by atoms with E-state index in [9.17, 15) is 0 Å². The van der Waals surface area contributed by atoms with Gasteiger partial charge in [-0.25, -0.2) is 0 Å². The second kappa shape index (κ2) is 9.05. The van der Waals surface area contributed by atoms with Crippen LogP contribution in [0.3, 0.4) is 0 Å². The molecule has 1 aromatic rings. The minimum absolute atomic E-state index is 0.460. The van der Waals surface area contributed by atoms with Crippen molar-refractivity contribution in [2.75, 3.05) is 25.5 Å². The Morgan fingerprint density at radius 1 is 1.56 bits per heavy atom. The monoisotopic (exact) mass is 259 g/mol. The molecule has 0 amide bonds. The maximum Gasteiger partial charge on any atom is 0.0616 e. The summed E-state index contributed by atoms with van der Waals surface area (Å²) >= 11 is 3.75. The van der Waals surface area contributed by atoms with Crippen molar-refractivity contribution in [3.8, 4) is 0 Å². The minimum Gasteiger partial charge on any atom is -0.380 e. The van der Waals surface area contributed by atoms with Gasteiger partial charge in [-0.2, -0.15) is 23.1 Å². The molecule has 1 atom stereocenters. The molecule has 0 saturated heterocycles. The van der Waals surface area contributed by atoms with Crippen LogP contribution in [0.1, 0.15) is 19.4 Å². The molecule has 0 saturated carbocycles. The minimum atomic E-state index is 0.460. The quantitative estimate of drug-likeness (QED) is 0.689. The Labute approximate surface area is 107 Å². The molecule has 92 valence electrons. The van der Waals surface area contributed by atoms with Crippen LogP contribution in [0, 0.1) is 0 Å². The first-order valence-electron chi connectivity index (χ1n) is 5.73. The molecule has 0 fully saturated rings. The van der Waals surface area contributed by atoms with Gasteiger partial charge < -0.3 is 10.1 Å². The molecule has 1 aromatic heterocycles. The van der Waals surface area contributed by atoms with Gasteiger partial charge in [0.1, 0.15) is 0 Å². The highest BCUT2D eigenvalue weighted by Crippen LogP contribution is 2.14. The number of nitrogens with one attached hydrogen (secondary N) is 1. The summed E-state index contributed by atoms with van der Waals surface area (Å²) in [6, 6.07) is 2.66.